The molecule has 5 heteroatoms. The third-order valence-electron chi connectivity index (χ3n) is 6.51. The van der Waals surface area contributed by atoms with Gasteiger partial charge in [0, 0.05) is 11.7 Å². The summed E-state index contributed by atoms with van der Waals surface area (Å²) in [6.45, 7) is 1.82. The first-order valence-corrected chi connectivity index (χ1v) is 9.30. The van der Waals surface area contributed by atoms with Crippen LogP contribution in [0.4, 0.5) is 10.5 Å². The van der Waals surface area contributed by atoms with Gasteiger partial charge >= 0.3 is 12.0 Å². The summed E-state index contributed by atoms with van der Waals surface area (Å²) in [5.74, 6) is 2.68. The molecule has 0 saturated heterocycles. The van der Waals surface area contributed by atoms with Gasteiger partial charge in [0.25, 0.3) is 0 Å². The van der Waals surface area contributed by atoms with E-state index in [4.69, 9.17) is 4.74 Å². The summed E-state index contributed by atoms with van der Waals surface area (Å²) >= 11 is 0. The van der Waals surface area contributed by atoms with E-state index in [2.05, 4.69) is 10.6 Å². The molecular weight excluding hydrogens is 316 g/mol. The number of carbonyl (C=O) groups is 2. The quantitative estimate of drug-likeness (QED) is 0.823. The monoisotopic (exact) mass is 342 g/mol. The topological polar surface area (TPSA) is 67.4 Å². The number of anilines is 1. The Balaban J connectivity index is 1.44. The number of nitrogens with one attached hydrogen (secondary N) is 2. The van der Waals surface area contributed by atoms with Crippen LogP contribution in [0, 0.1) is 30.6 Å². The van der Waals surface area contributed by atoms with Crippen LogP contribution in [0.25, 0.3) is 0 Å². The van der Waals surface area contributed by atoms with Gasteiger partial charge < -0.3 is 15.4 Å². The van der Waals surface area contributed by atoms with Crippen molar-refractivity contribution in [2.45, 2.75) is 45.1 Å². The first-order chi connectivity index (χ1) is 12.0. The number of benzene rings is 1. The number of carbonyl (C=O) groups excluding carboxylic acids is 2. The smallest absolute Gasteiger partial charge is 0.338 e. The Morgan fingerprint density at radius 3 is 2.28 bits per heavy atom. The Morgan fingerprint density at radius 1 is 1.04 bits per heavy atom. The van der Waals surface area contributed by atoms with Crippen LogP contribution in [0.1, 0.15) is 48.0 Å². The van der Waals surface area contributed by atoms with E-state index in [0.717, 1.165) is 17.4 Å². The summed E-state index contributed by atoms with van der Waals surface area (Å²) in [5, 5.41) is 6.16. The van der Waals surface area contributed by atoms with Crippen molar-refractivity contribution in [2.75, 3.05) is 12.4 Å². The summed E-state index contributed by atoms with van der Waals surface area (Å²) < 4.78 is 4.80. The van der Waals surface area contributed by atoms with Crippen molar-refractivity contribution in [1.29, 1.82) is 0 Å². The molecule has 5 rings (SSSR count). The molecule has 4 saturated carbocycles. The van der Waals surface area contributed by atoms with Crippen molar-refractivity contribution >= 4 is 17.7 Å². The zero-order valence-corrected chi connectivity index (χ0v) is 14.9. The normalized spacial score (nSPS) is 32.3. The van der Waals surface area contributed by atoms with Crippen LogP contribution < -0.4 is 10.6 Å². The van der Waals surface area contributed by atoms with Crippen molar-refractivity contribution in [3.05, 3.63) is 29.3 Å². The zero-order chi connectivity index (χ0) is 17.6. The second-order valence-electron chi connectivity index (χ2n) is 8.02. The molecule has 2 amide bonds. The van der Waals surface area contributed by atoms with E-state index in [1.165, 1.54) is 39.2 Å². The molecule has 0 heterocycles. The maximum Gasteiger partial charge on any atom is 0.338 e. The molecule has 0 aromatic heterocycles. The summed E-state index contributed by atoms with van der Waals surface area (Å²) in [7, 11) is 1.36. The molecule has 4 aliphatic rings. The number of esters is 1. The van der Waals surface area contributed by atoms with Gasteiger partial charge in [0.05, 0.1) is 12.7 Å². The van der Waals surface area contributed by atoms with E-state index in [1.54, 1.807) is 12.1 Å². The lowest BCUT2D eigenvalue weighted by Crippen LogP contribution is -2.56. The number of methoxy groups -OCH3 is 1. The van der Waals surface area contributed by atoms with Gasteiger partial charge in [-0.05, 0) is 80.4 Å². The zero-order valence-electron chi connectivity index (χ0n) is 14.9. The second-order valence-corrected chi connectivity index (χ2v) is 8.02. The van der Waals surface area contributed by atoms with E-state index in [1.807, 2.05) is 13.0 Å². The van der Waals surface area contributed by atoms with Gasteiger partial charge in [0.1, 0.15) is 0 Å². The molecule has 0 radical (unpaired) electrons. The minimum Gasteiger partial charge on any atom is -0.465 e. The summed E-state index contributed by atoms with van der Waals surface area (Å²) in [6.07, 6.45) is 6.50. The van der Waals surface area contributed by atoms with Crippen molar-refractivity contribution in [2.24, 2.45) is 23.7 Å². The number of hydrogen-bond donors (Lipinski definition) is 2. The lowest BCUT2D eigenvalue weighted by molar-refractivity contribution is -0.00883. The van der Waals surface area contributed by atoms with Crippen LogP contribution in [0.15, 0.2) is 18.2 Å². The molecule has 2 N–H and O–H groups in total. The second kappa shape index (κ2) is 6.36. The molecule has 25 heavy (non-hydrogen) atoms. The Bertz CT molecular complexity index is 672. The Kier molecular flexibility index (Phi) is 4.18. The van der Waals surface area contributed by atoms with Crippen LogP contribution in [0.5, 0.6) is 0 Å². The maximum absolute atomic E-state index is 12.6. The van der Waals surface area contributed by atoms with Crippen LogP contribution in [0.3, 0.4) is 0 Å². The van der Waals surface area contributed by atoms with Gasteiger partial charge in [-0.2, -0.15) is 0 Å². The molecule has 4 aliphatic carbocycles. The van der Waals surface area contributed by atoms with Crippen LogP contribution in [-0.4, -0.2) is 25.2 Å². The summed E-state index contributed by atoms with van der Waals surface area (Å²) in [6, 6.07) is 5.43. The van der Waals surface area contributed by atoms with Gasteiger partial charge in [-0.3, -0.25) is 0 Å². The predicted molar refractivity (Wildman–Crippen MR) is 95.5 cm³/mol. The summed E-state index contributed by atoms with van der Waals surface area (Å²) in [4.78, 5) is 24.4. The van der Waals surface area contributed by atoms with E-state index in [0.29, 0.717) is 29.1 Å². The fourth-order valence-electron chi connectivity index (χ4n) is 5.57. The molecule has 4 fully saturated rings. The van der Waals surface area contributed by atoms with Crippen LogP contribution >= 0.6 is 0 Å². The maximum atomic E-state index is 12.6. The highest BCUT2D eigenvalue weighted by atomic mass is 16.5. The molecule has 134 valence electrons. The average molecular weight is 342 g/mol. The standard InChI is InChI=1S/C20H26N2O3/c1-11-16(19(23)25-2)4-3-5-17(11)21-20(24)22-18-14-7-12-6-13(9-14)10-15(18)8-12/h3-5,12-15,18H,6-10H2,1-2H3,(H2,21,22,24). The fraction of sp³-hybridized carbons (Fsp3) is 0.600. The molecule has 5 nitrogen and oxygen atoms in total. The number of rotatable bonds is 3. The number of hydrogen-bond acceptors (Lipinski definition) is 3. The SMILES string of the molecule is COC(=O)c1cccc(NC(=O)NC2C3CC4CC(C3)CC2C4)c1C. The van der Waals surface area contributed by atoms with Gasteiger partial charge in [-0.15, -0.1) is 0 Å². The highest BCUT2D eigenvalue weighted by Crippen LogP contribution is 2.53. The Morgan fingerprint density at radius 2 is 1.68 bits per heavy atom. The molecule has 0 unspecified atom stereocenters. The molecular formula is C20H26N2O3. The predicted octanol–water partition coefficient (Wildman–Crippen LogP) is 3.73. The summed E-state index contributed by atoms with van der Waals surface area (Å²) in [5.41, 5.74) is 1.87. The Labute approximate surface area is 148 Å². The largest absolute Gasteiger partial charge is 0.465 e. The van der Waals surface area contributed by atoms with E-state index < -0.39 is 0 Å². The highest BCUT2D eigenvalue weighted by Gasteiger charge is 2.48. The third kappa shape index (κ3) is 3.00. The van der Waals surface area contributed by atoms with Crippen LogP contribution in [0.2, 0.25) is 0 Å². The molecule has 0 aliphatic heterocycles. The van der Waals surface area contributed by atoms with E-state index in [-0.39, 0.29) is 12.0 Å². The van der Waals surface area contributed by atoms with E-state index in [9.17, 15) is 9.59 Å². The van der Waals surface area contributed by atoms with Gasteiger partial charge in [0.15, 0.2) is 0 Å². The van der Waals surface area contributed by atoms with Gasteiger partial charge in [-0.25, -0.2) is 9.59 Å². The fourth-order valence-corrected chi connectivity index (χ4v) is 5.57. The Hall–Kier alpha value is -2.04. The third-order valence-corrected chi connectivity index (χ3v) is 6.51. The van der Waals surface area contributed by atoms with Crippen molar-refractivity contribution in [1.82, 2.24) is 5.32 Å². The van der Waals surface area contributed by atoms with Crippen molar-refractivity contribution in [3.63, 3.8) is 0 Å². The van der Waals surface area contributed by atoms with Crippen LogP contribution in [-0.2, 0) is 4.74 Å². The lowest BCUT2D eigenvalue weighted by atomic mass is 9.54. The molecule has 4 bridgehead atoms. The highest BCUT2D eigenvalue weighted by molar-refractivity contribution is 5.96. The molecule has 1 aromatic carbocycles. The lowest BCUT2D eigenvalue weighted by Gasteiger charge is -2.54. The van der Waals surface area contributed by atoms with Crippen molar-refractivity contribution < 1.29 is 14.3 Å². The molecule has 0 spiro atoms. The number of urea groups is 1. The van der Waals surface area contributed by atoms with Crippen molar-refractivity contribution in [3.8, 4) is 0 Å². The number of amides is 2. The minimum atomic E-state index is -0.386. The van der Waals surface area contributed by atoms with Gasteiger partial charge in [-0.1, -0.05) is 6.07 Å². The average Bonchev–Trinajstić information content (AvgIpc) is 2.58. The number of ether oxygens (including phenoxy) is 1. The first kappa shape index (κ1) is 16.4. The first-order valence-electron chi connectivity index (χ1n) is 9.30. The molecule has 1 aromatic rings. The van der Waals surface area contributed by atoms with Gasteiger partial charge in [0.2, 0.25) is 0 Å². The van der Waals surface area contributed by atoms with E-state index >= 15 is 0 Å². The molecule has 0 atom stereocenters. The minimum absolute atomic E-state index is 0.164.